The number of carbonyl (C=O) groups is 3. The Bertz CT molecular complexity index is 1060. The van der Waals surface area contributed by atoms with E-state index in [1.54, 1.807) is 56.4 Å². The van der Waals surface area contributed by atoms with E-state index in [1.165, 1.54) is 23.8 Å². The van der Waals surface area contributed by atoms with Gasteiger partial charge in [-0.2, -0.15) is 0 Å². The number of aliphatic imine (C=N–C) groups is 1. The number of ether oxygens (including phenoxy) is 2. The molecule has 2 amide bonds. The molecule has 2 aromatic rings. The highest BCUT2D eigenvalue weighted by Gasteiger charge is 2.34. The van der Waals surface area contributed by atoms with Gasteiger partial charge in [0.1, 0.15) is 11.0 Å². The molecule has 1 aliphatic heterocycles. The summed E-state index contributed by atoms with van der Waals surface area (Å²) in [6.07, 6.45) is 0.0380. The summed E-state index contributed by atoms with van der Waals surface area (Å²) in [7, 11) is 3.13. The van der Waals surface area contributed by atoms with Crippen molar-refractivity contribution < 1.29 is 23.9 Å². The molecular weight excluding hydrogens is 454 g/mol. The van der Waals surface area contributed by atoms with E-state index in [0.717, 1.165) is 0 Å². The second kappa shape index (κ2) is 10.5. The lowest BCUT2D eigenvalue weighted by molar-refractivity contribution is -0.128. The van der Waals surface area contributed by atoms with Crippen molar-refractivity contribution in [2.75, 3.05) is 26.1 Å². The van der Waals surface area contributed by atoms with Gasteiger partial charge >= 0.3 is 5.97 Å². The minimum absolute atomic E-state index is 0.0380. The SMILES string of the molecule is CCOC(=O)c1ccc(NC(=O)C2CC(=O)N(C)C(=Nc3ccc(OC)c(Cl)c3)S2)cc1. The van der Waals surface area contributed by atoms with E-state index >= 15 is 0 Å². The highest BCUT2D eigenvalue weighted by molar-refractivity contribution is 8.15. The smallest absolute Gasteiger partial charge is 0.338 e. The lowest BCUT2D eigenvalue weighted by Gasteiger charge is -2.28. The van der Waals surface area contributed by atoms with Crippen molar-refractivity contribution in [3.63, 3.8) is 0 Å². The van der Waals surface area contributed by atoms with Gasteiger partial charge in [0.05, 0.1) is 30.0 Å². The van der Waals surface area contributed by atoms with Crippen LogP contribution in [0.2, 0.25) is 5.02 Å². The van der Waals surface area contributed by atoms with Crippen molar-refractivity contribution in [3.05, 3.63) is 53.1 Å². The molecule has 10 heteroatoms. The standard InChI is InChI=1S/C22H22ClN3O5S/c1-4-31-21(29)13-5-7-14(8-6-13)24-20(28)18-12-19(27)26(2)22(32-18)25-15-9-10-17(30-3)16(23)11-15/h5-11,18H,4,12H2,1-3H3,(H,24,28). The molecule has 0 aliphatic carbocycles. The third kappa shape index (κ3) is 5.60. The van der Waals surface area contributed by atoms with Gasteiger partial charge in [-0.15, -0.1) is 0 Å². The molecule has 0 bridgehead atoms. The Balaban J connectivity index is 1.72. The Morgan fingerprint density at radius 1 is 1.25 bits per heavy atom. The minimum atomic E-state index is -0.657. The fraction of sp³-hybridized carbons (Fsp3) is 0.273. The third-order valence-electron chi connectivity index (χ3n) is 4.58. The number of benzene rings is 2. The Morgan fingerprint density at radius 2 is 1.97 bits per heavy atom. The average molecular weight is 476 g/mol. The molecule has 1 aliphatic rings. The van der Waals surface area contributed by atoms with Gasteiger partial charge in [0.25, 0.3) is 0 Å². The molecule has 3 rings (SSSR count). The first-order valence-corrected chi connectivity index (χ1v) is 11.0. The molecular formula is C22H22ClN3O5S. The van der Waals surface area contributed by atoms with E-state index in [0.29, 0.717) is 32.9 Å². The summed E-state index contributed by atoms with van der Waals surface area (Å²) >= 11 is 7.35. The number of halogens is 1. The number of amidine groups is 1. The maximum absolute atomic E-state index is 12.8. The summed E-state index contributed by atoms with van der Waals surface area (Å²) in [5.41, 5.74) is 1.44. The van der Waals surface area contributed by atoms with Crippen LogP contribution in [0.25, 0.3) is 0 Å². The molecule has 1 saturated heterocycles. The quantitative estimate of drug-likeness (QED) is 0.631. The van der Waals surface area contributed by atoms with Crippen LogP contribution in [-0.4, -0.2) is 53.9 Å². The van der Waals surface area contributed by atoms with E-state index in [2.05, 4.69) is 10.3 Å². The number of anilines is 1. The molecule has 32 heavy (non-hydrogen) atoms. The van der Waals surface area contributed by atoms with E-state index in [9.17, 15) is 14.4 Å². The molecule has 1 fully saturated rings. The number of thioether (sulfide) groups is 1. The van der Waals surface area contributed by atoms with Crippen molar-refractivity contribution in [1.29, 1.82) is 0 Å². The highest BCUT2D eigenvalue weighted by Crippen LogP contribution is 2.32. The van der Waals surface area contributed by atoms with E-state index in [4.69, 9.17) is 21.1 Å². The molecule has 1 heterocycles. The fourth-order valence-corrected chi connectivity index (χ4v) is 4.18. The summed E-state index contributed by atoms with van der Waals surface area (Å²) < 4.78 is 10.1. The van der Waals surface area contributed by atoms with Crippen molar-refractivity contribution in [3.8, 4) is 5.75 Å². The third-order valence-corrected chi connectivity index (χ3v) is 6.12. The zero-order valence-electron chi connectivity index (χ0n) is 17.8. The van der Waals surface area contributed by atoms with Gasteiger partial charge in [-0.25, -0.2) is 9.79 Å². The maximum Gasteiger partial charge on any atom is 0.338 e. The number of hydrogen-bond acceptors (Lipinski definition) is 7. The van der Waals surface area contributed by atoms with Crippen molar-refractivity contribution in [2.45, 2.75) is 18.6 Å². The van der Waals surface area contributed by atoms with Gasteiger partial charge in [-0.05, 0) is 49.4 Å². The van der Waals surface area contributed by atoms with Gasteiger partial charge in [-0.3, -0.25) is 14.5 Å². The van der Waals surface area contributed by atoms with Crippen LogP contribution in [0, 0.1) is 0 Å². The predicted molar refractivity (Wildman–Crippen MR) is 125 cm³/mol. The Morgan fingerprint density at radius 3 is 2.59 bits per heavy atom. The highest BCUT2D eigenvalue weighted by atomic mass is 35.5. The number of esters is 1. The van der Waals surface area contributed by atoms with Crippen molar-refractivity contribution >= 4 is 57.7 Å². The topological polar surface area (TPSA) is 97.3 Å². The molecule has 0 aromatic heterocycles. The van der Waals surface area contributed by atoms with Crippen molar-refractivity contribution in [2.24, 2.45) is 4.99 Å². The number of nitrogens with zero attached hydrogens (tertiary/aromatic N) is 2. The molecule has 0 spiro atoms. The van der Waals surface area contributed by atoms with Crippen LogP contribution in [0.5, 0.6) is 5.75 Å². The molecule has 1 N–H and O–H groups in total. The Kier molecular flexibility index (Phi) is 7.76. The summed E-state index contributed by atoms with van der Waals surface area (Å²) in [5.74, 6) is -0.468. The molecule has 0 radical (unpaired) electrons. The monoisotopic (exact) mass is 475 g/mol. The molecule has 168 valence electrons. The maximum atomic E-state index is 12.8. The molecule has 1 atom stereocenters. The van der Waals surface area contributed by atoms with E-state index in [1.807, 2.05) is 0 Å². The van der Waals surface area contributed by atoms with Crippen LogP contribution in [0.1, 0.15) is 23.7 Å². The molecule has 8 nitrogen and oxygen atoms in total. The average Bonchev–Trinajstić information content (AvgIpc) is 2.77. The van der Waals surface area contributed by atoms with E-state index < -0.39 is 11.2 Å². The number of methoxy groups -OCH3 is 1. The fourth-order valence-electron chi connectivity index (χ4n) is 2.86. The summed E-state index contributed by atoms with van der Waals surface area (Å²) in [6.45, 7) is 2.01. The van der Waals surface area contributed by atoms with Gasteiger partial charge in [-0.1, -0.05) is 23.4 Å². The van der Waals surface area contributed by atoms with Gasteiger partial charge in [0.15, 0.2) is 5.17 Å². The lowest BCUT2D eigenvalue weighted by Crippen LogP contribution is -2.43. The molecule has 2 aromatic carbocycles. The molecule has 1 unspecified atom stereocenters. The first-order chi connectivity index (χ1) is 15.3. The first kappa shape index (κ1) is 23.6. The van der Waals surface area contributed by atoms with Gasteiger partial charge < -0.3 is 14.8 Å². The Labute approximate surface area is 194 Å². The number of carbonyl (C=O) groups excluding carboxylic acids is 3. The van der Waals surface area contributed by atoms with Crippen LogP contribution in [-0.2, 0) is 14.3 Å². The van der Waals surface area contributed by atoms with Crippen LogP contribution in [0.15, 0.2) is 47.5 Å². The zero-order chi connectivity index (χ0) is 23.3. The van der Waals surface area contributed by atoms with E-state index in [-0.39, 0.29) is 24.8 Å². The molecule has 0 saturated carbocycles. The first-order valence-electron chi connectivity index (χ1n) is 9.75. The lowest BCUT2D eigenvalue weighted by atomic mass is 10.2. The zero-order valence-corrected chi connectivity index (χ0v) is 19.3. The predicted octanol–water partition coefficient (Wildman–Crippen LogP) is 4.12. The Hall–Kier alpha value is -3.04. The summed E-state index contributed by atoms with van der Waals surface area (Å²) in [4.78, 5) is 42.9. The number of hydrogen-bond donors (Lipinski definition) is 1. The van der Waals surface area contributed by atoms with Crippen LogP contribution < -0.4 is 10.1 Å². The van der Waals surface area contributed by atoms with Gasteiger partial charge in [0, 0.05) is 19.2 Å². The minimum Gasteiger partial charge on any atom is -0.495 e. The number of rotatable bonds is 6. The normalized spacial score (nSPS) is 17.2. The number of amides is 2. The summed E-state index contributed by atoms with van der Waals surface area (Å²) in [6, 6.07) is 11.4. The number of nitrogens with one attached hydrogen (secondary N) is 1. The summed E-state index contributed by atoms with van der Waals surface area (Å²) in [5, 5.41) is 2.90. The second-order valence-electron chi connectivity index (χ2n) is 6.76. The van der Waals surface area contributed by atoms with Crippen LogP contribution in [0.3, 0.4) is 0 Å². The van der Waals surface area contributed by atoms with Crippen LogP contribution >= 0.6 is 23.4 Å². The van der Waals surface area contributed by atoms with Gasteiger partial charge in [0.2, 0.25) is 11.8 Å². The second-order valence-corrected chi connectivity index (χ2v) is 8.34. The van der Waals surface area contributed by atoms with Crippen LogP contribution in [0.4, 0.5) is 11.4 Å². The largest absolute Gasteiger partial charge is 0.495 e. The van der Waals surface area contributed by atoms with Crippen molar-refractivity contribution in [1.82, 2.24) is 4.90 Å².